The summed E-state index contributed by atoms with van der Waals surface area (Å²) in [5.74, 6) is -0.438. The van der Waals surface area contributed by atoms with Crippen LogP contribution >= 0.6 is 12.2 Å². The zero-order valence-corrected chi connectivity index (χ0v) is 10.9. The van der Waals surface area contributed by atoms with Crippen LogP contribution in [0, 0.1) is 5.92 Å². The Bertz CT molecular complexity index is 394. The van der Waals surface area contributed by atoms with E-state index in [0.717, 1.165) is 5.69 Å². The number of aromatic nitrogens is 1. The molecule has 4 nitrogen and oxygen atoms in total. The average Bonchev–Trinajstić information content (AvgIpc) is 2.31. The predicted octanol–water partition coefficient (Wildman–Crippen LogP) is 1.75. The topological polar surface area (TPSA) is 59.2 Å². The molecule has 0 saturated heterocycles. The van der Waals surface area contributed by atoms with Gasteiger partial charge in [0.25, 0.3) is 0 Å². The lowest BCUT2D eigenvalue weighted by molar-refractivity contribution is -0.120. The summed E-state index contributed by atoms with van der Waals surface area (Å²) >= 11 is 4.93. The molecule has 0 aliphatic carbocycles. The van der Waals surface area contributed by atoms with Gasteiger partial charge >= 0.3 is 0 Å². The second kappa shape index (κ2) is 6.30. The Morgan fingerprint density at radius 2 is 2.06 bits per heavy atom. The molecule has 0 aromatic carbocycles. The normalized spacial score (nSPS) is 11.9. The van der Waals surface area contributed by atoms with Crippen molar-refractivity contribution in [1.82, 2.24) is 4.98 Å². The van der Waals surface area contributed by atoms with E-state index in [1.807, 2.05) is 13.8 Å². The molecule has 0 fully saturated rings. The lowest BCUT2D eigenvalue weighted by Gasteiger charge is -2.25. The lowest BCUT2D eigenvalue weighted by Crippen LogP contribution is -2.41. The van der Waals surface area contributed by atoms with Gasteiger partial charge in [0.05, 0.1) is 10.9 Å². The van der Waals surface area contributed by atoms with Crippen molar-refractivity contribution >= 4 is 28.8 Å². The van der Waals surface area contributed by atoms with Crippen molar-refractivity contribution < 1.29 is 4.79 Å². The Hall–Kier alpha value is -1.49. The number of rotatable bonds is 5. The second-order valence-electron chi connectivity index (χ2n) is 3.65. The van der Waals surface area contributed by atoms with Crippen LogP contribution in [0.15, 0.2) is 24.5 Å². The number of carbonyl (C=O) groups excluding carboxylic acids is 1. The third-order valence-corrected chi connectivity index (χ3v) is 2.89. The van der Waals surface area contributed by atoms with Crippen LogP contribution in [0.3, 0.4) is 0 Å². The number of pyridine rings is 1. The third-order valence-electron chi connectivity index (χ3n) is 2.61. The molecule has 0 spiro atoms. The quantitative estimate of drug-likeness (QED) is 0.810. The molecular weight excluding hydrogens is 234 g/mol. The summed E-state index contributed by atoms with van der Waals surface area (Å²) in [5.41, 5.74) is 6.41. The van der Waals surface area contributed by atoms with Crippen LogP contribution in [0.2, 0.25) is 0 Å². The van der Waals surface area contributed by atoms with E-state index in [0.29, 0.717) is 13.0 Å². The predicted molar refractivity (Wildman–Crippen MR) is 72.8 cm³/mol. The van der Waals surface area contributed by atoms with Crippen LogP contribution in [-0.4, -0.2) is 22.4 Å². The van der Waals surface area contributed by atoms with E-state index in [1.165, 1.54) is 0 Å². The van der Waals surface area contributed by atoms with Gasteiger partial charge in [-0.2, -0.15) is 0 Å². The van der Waals surface area contributed by atoms with Crippen molar-refractivity contribution in [3.05, 3.63) is 24.5 Å². The van der Waals surface area contributed by atoms with Gasteiger partial charge in [-0.1, -0.05) is 19.1 Å². The Kier molecular flexibility index (Phi) is 5.03. The van der Waals surface area contributed by atoms with E-state index in [4.69, 9.17) is 18.0 Å². The van der Waals surface area contributed by atoms with Gasteiger partial charge in [0.1, 0.15) is 0 Å². The number of nitrogens with zero attached hydrogens (tertiary/aromatic N) is 2. The molecule has 1 aromatic heterocycles. The summed E-state index contributed by atoms with van der Waals surface area (Å²) < 4.78 is 0. The standard InChI is InChI=1S/C12H17N3OS/c1-3-10(11(13)17)12(16)15(4-2)9-5-7-14-8-6-9/h5-8,10H,3-4H2,1-2H3,(H2,13,17). The fraction of sp³-hybridized carbons (Fsp3) is 0.417. The van der Waals surface area contributed by atoms with E-state index in [2.05, 4.69) is 4.98 Å². The Balaban J connectivity index is 2.95. The van der Waals surface area contributed by atoms with Gasteiger partial charge in [0, 0.05) is 24.6 Å². The number of anilines is 1. The first-order chi connectivity index (χ1) is 8.11. The van der Waals surface area contributed by atoms with Gasteiger partial charge < -0.3 is 10.6 Å². The molecule has 5 heteroatoms. The van der Waals surface area contributed by atoms with Gasteiger partial charge in [-0.25, -0.2) is 0 Å². The van der Waals surface area contributed by atoms with Gasteiger partial charge in [0.15, 0.2) is 0 Å². The molecule has 1 heterocycles. The minimum absolute atomic E-state index is 0.0475. The largest absolute Gasteiger partial charge is 0.393 e. The molecule has 17 heavy (non-hydrogen) atoms. The van der Waals surface area contributed by atoms with Crippen LogP contribution in [0.25, 0.3) is 0 Å². The molecule has 2 N–H and O–H groups in total. The average molecular weight is 251 g/mol. The minimum Gasteiger partial charge on any atom is -0.393 e. The Labute approximate surface area is 107 Å². The van der Waals surface area contributed by atoms with Gasteiger partial charge in [0.2, 0.25) is 5.91 Å². The number of nitrogens with two attached hydrogens (primary N) is 1. The first kappa shape index (κ1) is 13.6. The van der Waals surface area contributed by atoms with Gasteiger partial charge in [-0.3, -0.25) is 9.78 Å². The smallest absolute Gasteiger partial charge is 0.236 e. The first-order valence-electron chi connectivity index (χ1n) is 5.62. The molecule has 0 aliphatic heterocycles. The molecule has 1 aromatic rings. The van der Waals surface area contributed by atoms with E-state index >= 15 is 0 Å². The number of hydrogen-bond acceptors (Lipinski definition) is 3. The van der Waals surface area contributed by atoms with Gasteiger partial charge in [-0.15, -0.1) is 0 Å². The SMILES string of the molecule is CCC(C(=O)N(CC)c1ccncc1)C(N)=S. The molecule has 0 bridgehead atoms. The van der Waals surface area contributed by atoms with Crippen molar-refractivity contribution in [2.75, 3.05) is 11.4 Å². The lowest BCUT2D eigenvalue weighted by atomic mass is 10.0. The number of amides is 1. The molecular formula is C12H17N3OS. The summed E-state index contributed by atoms with van der Waals surface area (Å²) in [6.45, 7) is 4.41. The van der Waals surface area contributed by atoms with Crippen LogP contribution in [0.4, 0.5) is 5.69 Å². The van der Waals surface area contributed by atoms with Crippen LogP contribution in [0.1, 0.15) is 20.3 Å². The molecule has 0 aliphatic rings. The number of hydrogen-bond donors (Lipinski definition) is 1. The molecule has 1 atom stereocenters. The maximum Gasteiger partial charge on any atom is 0.236 e. The van der Waals surface area contributed by atoms with Crippen molar-refractivity contribution in [2.24, 2.45) is 11.7 Å². The van der Waals surface area contributed by atoms with Crippen molar-refractivity contribution in [3.63, 3.8) is 0 Å². The molecule has 1 rings (SSSR count). The van der Waals surface area contributed by atoms with Crippen molar-refractivity contribution in [1.29, 1.82) is 0 Å². The summed E-state index contributed by atoms with van der Waals surface area (Å²) in [5, 5.41) is 0. The summed E-state index contributed by atoms with van der Waals surface area (Å²) in [4.78, 5) is 18.1. The molecule has 0 saturated carbocycles. The molecule has 1 amide bonds. The highest BCUT2D eigenvalue weighted by Crippen LogP contribution is 2.17. The molecule has 92 valence electrons. The van der Waals surface area contributed by atoms with E-state index in [9.17, 15) is 4.79 Å². The highest BCUT2D eigenvalue weighted by atomic mass is 32.1. The monoisotopic (exact) mass is 251 g/mol. The molecule has 1 unspecified atom stereocenters. The van der Waals surface area contributed by atoms with Crippen LogP contribution in [0.5, 0.6) is 0 Å². The van der Waals surface area contributed by atoms with Gasteiger partial charge in [-0.05, 0) is 25.5 Å². The zero-order valence-electron chi connectivity index (χ0n) is 10.1. The summed E-state index contributed by atoms with van der Waals surface area (Å²) in [6.07, 6.45) is 3.94. The zero-order chi connectivity index (χ0) is 12.8. The van der Waals surface area contributed by atoms with E-state index in [1.54, 1.807) is 29.4 Å². The highest BCUT2D eigenvalue weighted by Gasteiger charge is 2.25. The minimum atomic E-state index is -0.391. The Morgan fingerprint density at radius 1 is 1.47 bits per heavy atom. The number of thiocarbonyl (C=S) groups is 1. The summed E-state index contributed by atoms with van der Waals surface area (Å²) in [7, 11) is 0. The maximum atomic E-state index is 12.3. The summed E-state index contributed by atoms with van der Waals surface area (Å²) in [6, 6.07) is 3.60. The van der Waals surface area contributed by atoms with Crippen molar-refractivity contribution in [2.45, 2.75) is 20.3 Å². The van der Waals surface area contributed by atoms with E-state index < -0.39 is 5.92 Å². The maximum absolute atomic E-state index is 12.3. The van der Waals surface area contributed by atoms with Crippen LogP contribution in [-0.2, 0) is 4.79 Å². The third kappa shape index (κ3) is 3.23. The molecule has 0 radical (unpaired) electrons. The van der Waals surface area contributed by atoms with Crippen LogP contribution < -0.4 is 10.6 Å². The Morgan fingerprint density at radius 3 is 2.47 bits per heavy atom. The first-order valence-corrected chi connectivity index (χ1v) is 6.03. The van der Waals surface area contributed by atoms with E-state index in [-0.39, 0.29) is 10.9 Å². The number of carbonyl (C=O) groups is 1. The second-order valence-corrected chi connectivity index (χ2v) is 4.12. The highest BCUT2D eigenvalue weighted by molar-refractivity contribution is 7.80. The van der Waals surface area contributed by atoms with Crippen molar-refractivity contribution in [3.8, 4) is 0 Å². The fourth-order valence-corrected chi connectivity index (χ4v) is 1.94. The fourth-order valence-electron chi connectivity index (χ4n) is 1.68.